The van der Waals surface area contributed by atoms with Gasteiger partial charge in [0.1, 0.15) is 0 Å². The number of hydrogen-bond acceptors (Lipinski definition) is 2. The third-order valence-corrected chi connectivity index (χ3v) is 4.57. The average molecular weight is 303 g/mol. The molecule has 0 spiro atoms. The summed E-state index contributed by atoms with van der Waals surface area (Å²) in [6.45, 7) is 4.19. The Hall–Kier alpha value is -1.84. The van der Waals surface area contributed by atoms with E-state index in [-0.39, 0.29) is 23.8 Å². The van der Waals surface area contributed by atoms with E-state index in [1.54, 1.807) is 0 Å². The van der Waals surface area contributed by atoms with E-state index in [0.29, 0.717) is 31.6 Å². The zero-order valence-electron chi connectivity index (χ0n) is 13.3. The molecule has 0 bridgehead atoms. The minimum Gasteiger partial charge on any atom is -0.481 e. The Morgan fingerprint density at radius 3 is 2.09 bits per heavy atom. The summed E-state index contributed by atoms with van der Waals surface area (Å²) in [5, 5.41) is 12.2. The number of carbonyl (C=O) groups excluding carboxylic acids is 1. The second-order valence-corrected chi connectivity index (χ2v) is 6.53. The summed E-state index contributed by atoms with van der Waals surface area (Å²) in [5.74, 6) is -0.698. The molecule has 0 radical (unpaired) electrons. The van der Waals surface area contributed by atoms with Crippen molar-refractivity contribution in [2.75, 3.05) is 0 Å². The highest BCUT2D eigenvalue weighted by Gasteiger charge is 2.31. The van der Waals surface area contributed by atoms with Gasteiger partial charge < -0.3 is 10.4 Å². The Labute approximate surface area is 131 Å². The van der Waals surface area contributed by atoms with Gasteiger partial charge in [0, 0.05) is 5.92 Å². The van der Waals surface area contributed by atoms with Crippen LogP contribution in [0, 0.1) is 17.8 Å². The molecule has 1 aliphatic rings. The minimum absolute atomic E-state index is 0.00546. The van der Waals surface area contributed by atoms with E-state index in [1.165, 1.54) is 0 Å². The summed E-state index contributed by atoms with van der Waals surface area (Å²) in [6.07, 6.45) is 2.54. The van der Waals surface area contributed by atoms with E-state index in [2.05, 4.69) is 19.2 Å². The molecule has 1 unspecified atom stereocenters. The molecular formula is C18H25NO3. The molecule has 4 nitrogen and oxygen atoms in total. The molecule has 1 atom stereocenters. The average Bonchev–Trinajstić information content (AvgIpc) is 2.53. The van der Waals surface area contributed by atoms with Gasteiger partial charge in [0.15, 0.2) is 0 Å². The number of aliphatic carboxylic acids is 1. The zero-order valence-corrected chi connectivity index (χ0v) is 13.3. The Morgan fingerprint density at radius 1 is 1.05 bits per heavy atom. The molecule has 1 fully saturated rings. The van der Waals surface area contributed by atoms with Crippen molar-refractivity contribution >= 4 is 11.9 Å². The van der Waals surface area contributed by atoms with Crippen LogP contribution in [0.3, 0.4) is 0 Å². The molecule has 120 valence electrons. The van der Waals surface area contributed by atoms with Crippen LogP contribution in [0.1, 0.15) is 51.1 Å². The van der Waals surface area contributed by atoms with Gasteiger partial charge >= 0.3 is 5.97 Å². The summed E-state index contributed by atoms with van der Waals surface area (Å²) < 4.78 is 0. The van der Waals surface area contributed by atoms with Gasteiger partial charge in [0.2, 0.25) is 5.91 Å². The number of rotatable bonds is 5. The van der Waals surface area contributed by atoms with E-state index in [4.69, 9.17) is 5.11 Å². The molecule has 0 heterocycles. The van der Waals surface area contributed by atoms with Gasteiger partial charge in [-0.25, -0.2) is 0 Å². The van der Waals surface area contributed by atoms with E-state index >= 15 is 0 Å². The second-order valence-electron chi connectivity index (χ2n) is 6.53. The molecule has 0 aliphatic heterocycles. The van der Waals surface area contributed by atoms with Crippen LogP contribution in [0.2, 0.25) is 0 Å². The Balaban J connectivity index is 1.97. The lowest BCUT2D eigenvalue weighted by atomic mass is 9.81. The van der Waals surface area contributed by atoms with Crippen LogP contribution in [-0.4, -0.2) is 17.0 Å². The number of carbonyl (C=O) groups is 2. The Morgan fingerprint density at radius 2 is 1.59 bits per heavy atom. The Kier molecular flexibility index (Phi) is 5.58. The van der Waals surface area contributed by atoms with Gasteiger partial charge in [-0.1, -0.05) is 44.2 Å². The predicted octanol–water partition coefficient (Wildman–Crippen LogP) is 3.39. The Bertz CT molecular complexity index is 504. The van der Waals surface area contributed by atoms with Crippen molar-refractivity contribution in [2.45, 2.75) is 45.6 Å². The van der Waals surface area contributed by atoms with Gasteiger partial charge in [-0.2, -0.15) is 0 Å². The fourth-order valence-corrected chi connectivity index (χ4v) is 3.17. The van der Waals surface area contributed by atoms with Crippen molar-refractivity contribution in [1.82, 2.24) is 5.32 Å². The van der Waals surface area contributed by atoms with Gasteiger partial charge in [-0.15, -0.1) is 0 Å². The largest absolute Gasteiger partial charge is 0.481 e. The third-order valence-electron chi connectivity index (χ3n) is 4.57. The lowest BCUT2D eigenvalue weighted by Crippen LogP contribution is -2.38. The predicted molar refractivity (Wildman–Crippen MR) is 85.2 cm³/mol. The van der Waals surface area contributed by atoms with Crippen molar-refractivity contribution < 1.29 is 14.7 Å². The first kappa shape index (κ1) is 16.5. The molecule has 2 N–H and O–H groups in total. The normalized spacial score (nSPS) is 23.0. The molecule has 2 rings (SSSR count). The number of nitrogens with one attached hydrogen (secondary N) is 1. The van der Waals surface area contributed by atoms with E-state index < -0.39 is 5.97 Å². The highest BCUT2D eigenvalue weighted by atomic mass is 16.4. The van der Waals surface area contributed by atoms with Gasteiger partial charge in [0.25, 0.3) is 0 Å². The molecule has 1 aliphatic carbocycles. The fourth-order valence-electron chi connectivity index (χ4n) is 3.17. The number of amides is 1. The van der Waals surface area contributed by atoms with Crippen LogP contribution in [0.25, 0.3) is 0 Å². The maximum Gasteiger partial charge on any atom is 0.306 e. The van der Waals surface area contributed by atoms with E-state index in [0.717, 1.165) is 5.56 Å². The molecule has 4 heteroatoms. The lowest BCUT2D eigenvalue weighted by Gasteiger charge is -2.29. The standard InChI is InChI=1S/C18H25NO3/c1-12(2)16(13-6-4-3-5-7-13)19-17(20)14-8-10-15(11-9-14)18(21)22/h3-7,12,14-16H,8-11H2,1-2H3,(H,19,20)(H,21,22). The van der Waals surface area contributed by atoms with Crippen LogP contribution < -0.4 is 5.32 Å². The summed E-state index contributed by atoms with van der Waals surface area (Å²) >= 11 is 0. The number of hydrogen-bond donors (Lipinski definition) is 2. The molecular weight excluding hydrogens is 278 g/mol. The molecule has 1 aromatic rings. The fraction of sp³-hybridized carbons (Fsp3) is 0.556. The highest BCUT2D eigenvalue weighted by Crippen LogP contribution is 2.30. The van der Waals surface area contributed by atoms with Crippen molar-refractivity contribution in [1.29, 1.82) is 0 Å². The maximum absolute atomic E-state index is 12.5. The molecule has 1 aromatic carbocycles. The van der Waals surface area contributed by atoms with Crippen molar-refractivity contribution in [3.63, 3.8) is 0 Å². The van der Waals surface area contributed by atoms with Crippen LogP contribution >= 0.6 is 0 Å². The quantitative estimate of drug-likeness (QED) is 0.876. The van der Waals surface area contributed by atoms with Gasteiger partial charge in [-0.05, 0) is 37.2 Å². The first-order valence-electron chi connectivity index (χ1n) is 8.07. The van der Waals surface area contributed by atoms with Crippen LogP contribution in [0.4, 0.5) is 0 Å². The smallest absolute Gasteiger partial charge is 0.306 e. The summed E-state index contributed by atoms with van der Waals surface area (Å²) in [7, 11) is 0. The summed E-state index contributed by atoms with van der Waals surface area (Å²) in [6, 6.07) is 10.0. The number of carboxylic acid groups (broad SMARTS) is 1. The first-order chi connectivity index (χ1) is 10.5. The lowest BCUT2D eigenvalue weighted by molar-refractivity contribution is -0.144. The van der Waals surface area contributed by atoms with Crippen LogP contribution in [-0.2, 0) is 9.59 Å². The van der Waals surface area contributed by atoms with Gasteiger partial charge in [-0.3, -0.25) is 9.59 Å². The number of benzene rings is 1. The second kappa shape index (κ2) is 7.43. The molecule has 1 amide bonds. The first-order valence-corrected chi connectivity index (χ1v) is 8.07. The highest BCUT2D eigenvalue weighted by molar-refractivity contribution is 5.79. The van der Waals surface area contributed by atoms with Crippen molar-refractivity contribution in [3.05, 3.63) is 35.9 Å². The van der Waals surface area contributed by atoms with Crippen LogP contribution in [0.15, 0.2) is 30.3 Å². The molecule has 22 heavy (non-hydrogen) atoms. The SMILES string of the molecule is CC(C)C(NC(=O)C1CCC(C(=O)O)CC1)c1ccccc1. The molecule has 0 aromatic heterocycles. The van der Waals surface area contributed by atoms with Crippen molar-refractivity contribution in [2.24, 2.45) is 17.8 Å². The molecule has 0 saturated heterocycles. The van der Waals surface area contributed by atoms with Gasteiger partial charge in [0.05, 0.1) is 12.0 Å². The molecule has 1 saturated carbocycles. The van der Waals surface area contributed by atoms with E-state index in [9.17, 15) is 9.59 Å². The third kappa shape index (κ3) is 4.09. The summed E-state index contributed by atoms with van der Waals surface area (Å²) in [5.41, 5.74) is 1.12. The number of carboxylic acids is 1. The topological polar surface area (TPSA) is 66.4 Å². The van der Waals surface area contributed by atoms with E-state index in [1.807, 2.05) is 30.3 Å². The maximum atomic E-state index is 12.5. The summed E-state index contributed by atoms with van der Waals surface area (Å²) in [4.78, 5) is 23.5. The minimum atomic E-state index is -0.733. The van der Waals surface area contributed by atoms with Crippen LogP contribution in [0.5, 0.6) is 0 Å². The zero-order chi connectivity index (χ0) is 16.1. The monoisotopic (exact) mass is 303 g/mol. The van der Waals surface area contributed by atoms with Crippen molar-refractivity contribution in [3.8, 4) is 0 Å².